The van der Waals surface area contributed by atoms with Crippen molar-refractivity contribution in [3.8, 4) is 12.1 Å². The Kier molecular flexibility index (Phi) is 21.0. The number of nitrogens with one attached hydrogen (secondary N) is 3. The Labute approximate surface area is 418 Å². The number of piperidine rings is 2. The molecule has 0 spiro atoms. The van der Waals surface area contributed by atoms with Crippen molar-refractivity contribution in [2.75, 3.05) is 70.3 Å². The van der Waals surface area contributed by atoms with Crippen molar-refractivity contribution in [1.82, 2.24) is 55.5 Å². The molecule has 0 radical (unpaired) electrons. The van der Waals surface area contributed by atoms with Crippen LogP contribution in [0, 0.1) is 34.5 Å². The number of piperazine rings is 2. The lowest BCUT2D eigenvalue weighted by atomic mass is 9.93. The Bertz CT molecular complexity index is 2210. The van der Waals surface area contributed by atoms with Crippen LogP contribution in [0.4, 0.5) is 15.3 Å². The smallest absolute Gasteiger partial charge is 0.318 e. The lowest BCUT2D eigenvalue weighted by Crippen LogP contribution is -2.61. The normalized spacial score (nSPS) is 21.3. The highest BCUT2D eigenvalue weighted by Gasteiger charge is 2.34. The maximum atomic E-state index is 13.0. The van der Waals surface area contributed by atoms with E-state index in [2.05, 4.69) is 155 Å². The predicted molar refractivity (Wildman–Crippen MR) is 273 cm³/mol. The fraction of sp³-hybridized carbons (Fsp3) is 0.538. The molecule has 6 heterocycles. The van der Waals surface area contributed by atoms with Crippen LogP contribution in [-0.2, 0) is 13.1 Å². The van der Waals surface area contributed by atoms with Gasteiger partial charge in [0.2, 0.25) is 11.6 Å². The third-order valence-corrected chi connectivity index (χ3v) is 14.0. The van der Waals surface area contributed by atoms with Crippen LogP contribution in [0.2, 0.25) is 0 Å². The number of amides is 4. The van der Waals surface area contributed by atoms with E-state index < -0.39 is 0 Å². The van der Waals surface area contributed by atoms with E-state index in [0.29, 0.717) is 19.0 Å². The van der Waals surface area contributed by atoms with Crippen LogP contribution in [-0.4, -0.2) is 141 Å². The van der Waals surface area contributed by atoms with Gasteiger partial charge >= 0.3 is 12.1 Å². The Hall–Kier alpha value is -5.72. The first-order chi connectivity index (χ1) is 33.5. The number of nitrogens with zero attached hydrogens (tertiary/aromatic N) is 11. The van der Waals surface area contributed by atoms with Gasteiger partial charge in [0.15, 0.2) is 0 Å². The second kappa shape index (κ2) is 27.5. The average molecular weight is 1000 g/mol. The van der Waals surface area contributed by atoms with Gasteiger partial charge in [-0.05, 0) is 131 Å². The molecule has 4 aromatic rings. The summed E-state index contributed by atoms with van der Waals surface area (Å²) in [6.07, 6.45) is 13.4. The monoisotopic (exact) mass is 1000 g/mol. The third-order valence-electron chi connectivity index (χ3n) is 13.6. The van der Waals surface area contributed by atoms with Gasteiger partial charge in [0.25, 0.3) is 0 Å². The van der Waals surface area contributed by atoms with E-state index in [4.69, 9.17) is 10.5 Å². The predicted octanol–water partition coefficient (Wildman–Crippen LogP) is 7.05. The first-order valence-corrected chi connectivity index (χ1v) is 25.5. The van der Waals surface area contributed by atoms with Crippen LogP contribution in [0.5, 0.6) is 0 Å². The van der Waals surface area contributed by atoms with Crippen molar-refractivity contribution >= 4 is 33.7 Å². The quantitative estimate of drug-likeness (QED) is 0.139. The first kappa shape index (κ1) is 52.6. The molecule has 4 saturated heterocycles. The summed E-state index contributed by atoms with van der Waals surface area (Å²) < 4.78 is 0.779. The van der Waals surface area contributed by atoms with E-state index >= 15 is 0 Å². The lowest BCUT2D eigenvalue weighted by molar-refractivity contribution is 0.130. The molecular weight excluding hydrogens is 933 g/mol. The summed E-state index contributed by atoms with van der Waals surface area (Å²) in [7, 11) is 0. The maximum absolute atomic E-state index is 13.0. The van der Waals surface area contributed by atoms with Gasteiger partial charge in [-0.25, -0.2) is 29.5 Å². The highest BCUT2D eigenvalue weighted by Crippen LogP contribution is 2.25. The number of hydrogen-bond donors (Lipinski definition) is 3. The second-order valence-electron chi connectivity index (χ2n) is 18.9. The molecule has 4 atom stereocenters. The summed E-state index contributed by atoms with van der Waals surface area (Å²) >= 11 is 3.14. The van der Waals surface area contributed by atoms with Crippen molar-refractivity contribution < 1.29 is 9.59 Å². The zero-order valence-electron chi connectivity index (χ0n) is 40.9. The molecule has 17 heteroatoms. The highest BCUT2D eigenvalue weighted by atomic mass is 79.9. The molecular formula is C52H71BrN14O2. The first-order valence-electron chi connectivity index (χ1n) is 24.7. The number of hydrogen-bond acceptors (Lipinski definition) is 12. The van der Waals surface area contributed by atoms with E-state index in [1.807, 2.05) is 21.9 Å². The molecule has 0 bridgehead atoms. The van der Waals surface area contributed by atoms with Crippen molar-refractivity contribution in [2.45, 2.75) is 103 Å². The molecule has 4 aliphatic heterocycles. The van der Waals surface area contributed by atoms with E-state index in [1.54, 1.807) is 12.4 Å². The van der Waals surface area contributed by atoms with Crippen LogP contribution in [0.25, 0.3) is 0 Å². The molecule has 4 fully saturated rings. The minimum absolute atomic E-state index is 0.0252. The van der Waals surface area contributed by atoms with E-state index in [9.17, 15) is 9.59 Å². The topological polar surface area (TPSA) is 186 Å². The zero-order chi connectivity index (χ0) is 49.0. The molecule has 0 aliphatic carbocycles. The lowest BCUT2D eigenvalue weighted by Gasteiger charge is -2.45. The number of aromatic nitrogens is 4. The van der Waals surface area contributed by atoms with Crippen LogP contribution in [0.15, 0.2) is 89.9 Å². The number of anilines is 1. The van der Waals surface area contributed by atoms with Crippen LogP contribution in [0.3, 0.4) is 0 Å². The van der Waals surface area contributed by atoms with Crippen molar-refractivity contribution in [3.63, 3.8) is 0 Å². The van der Waals surface area contributed by atoms with Crippen LogP contribution < -0.4 is 20.9 Å². The van der Waals surface area contributed by atoms with E-state index in [-0.39, 0.29) is 47.9 Å². The number of urea groups is 2. The second-order valence-corrected chi connectivity index (χ2v) is 19.9. The number of carbonyl (C=O) groups excluding carboxylic acids is 2. The number of nitriles is 2. The van der Waals surface area contributed by atoms with Gasteiger partial charge in [0.1, 0.15) is 12.1 Å². The minimum atomic E-state index is 0.0252. The Balaban J connectivity index is 0.000000196. The molecule has 4 amide bonds. The molecule has 69 heavy (non-hydrogen) atoms. The summed E-state index contributed by atoms with van der Waals surface area (Å²) in [5, 5.41) is 26.8. The molecule has 2 aromatic heterocycles. The van der Waals surface area contributed by atoms with Gasteiger partial charge in [-0.3, -0.25) is 9.80 Å². The van der Waals surface area contributed by atoms with Gasteiger partial charge in [0, 0.05) is 88.9 Å². The van der Waals surface area contributed by atoms with Crippen LogP contribution >= 0.6 is 15.9 Å². The van der Waals surface area contributed by atoms with Gasteiger partial charge in [-0.1, -0.05) is 60.7 Å². The summed E-state index contributed by atoms with van der Waals surface area (Å²) in [6, 6.07) is 25.9. The van der Waals surface area contributed by atoms with Crippen molar-refractivity contribution in [3.05, 3.63) is 113 Å². The molecule has 8 rings (SSSR count). The number of likely N-dealkylation sites (tertiary alicyclic amines) is 2. The van der Waals surface area contributed by atoms with Gasteiger partial charge in [0.05, 0.1) is 22.6 Å². The van der Waals surface area contributed by atoms with E-state index in [0.717, 1.165) is 81.3 Å². The molecule has 3 N–H and O–H groups in total. The maximum Gasteiger partial charge on any atom is 0.318 e. The fourth-order valence-corrected chi connectivity index (χ4v) is 10.1. The van der Waals surface area contributed by atoms with Crippen molar-refractivity contribution in [1.29, 1.82) is 10.5 Å². The number of rotatable bonds is 11. The summed E-state index contributed by atoms with van der Waals surface area (Å²) in [5.74, 6) is 1.78. The summed E-state index contributed by atoms with van der Waals surface area (Å²) in [6.45, 7) is 19.8. The molecule has 368 valence electrons. The highest BCUT2D eigenvalue weighted by molar-refractivity contribution is 9.10. The average Bonchev–Trinajstić information content (AvgIpc) is 3.36. The summed E-state index contributed by atoms with van der Waals surface area (Å²) in [4.78, 5) is 52.2. The molecule has 16 nitrogen and oxygen atoms in total. The number of halogens is 1. The third kappa shape index (κ3) is 16.7. The molecule has 2 aromatic carbocycles. The van der Waals surface area contributed by atoms with Gasteiger partial charge < -0.3 is 30.7 Å². The summed E-state index contributed by atoms with van der Waals surface area (Å²) in [5.41, 5.74) is 3.66. The Morgan fingerprint density at radius 2 is 1.01 bits per heavy atom. The zero-order valence-corrected chi connectivity index (χ0v) is 42.5. The number of benzene rings is 2. The van der Waals surface area contributed by atoms with Crippen LogP contribution in [0.1, 0.15) is 89.0 Å². The van der Waals surface area contributed by atoms with Crippen molar-refractivity contribution in [2.24, 2.45) is 11.8 Å². The SMILES string of the molecule is C[C@@H]1CN(c2cnc(C#N)nc2)C[C@H](C)N1C(=O)NCCC1CCN(Cc2ccccc2)CC1.C[C@@H]1CNC[C@H](C)N1C(=O)NCCC1CCN(Cc2ccccc2)CC1.N#Cc1ncc(Br)cn1. The largest absolute Gasteiger partial charge is 0.365 e. The van der Waals surface area contributed by atoms with E-state index in [1.165, 1.54) is 62.3 Å². The number of carbonyl (C=O) groups is 2. The fourth-order valence-electron chi connectivity index (χ4n) is 9.88. The van der Waals surface area contributed by atoms with Gasteiger partial charge in [-0.2, -0.15) is 10.5 Å². The standard InChI is InChI=1S/C26H35N7O.C21H34N4O.C5H2BrN3/c1-20-17-32(24-15-29-25(14-27)30-16-24)18-21(2)33(20)26(34)28-11-8-22-9-12-31(13-10-22)19-23-6-4-3-5-7-23;1-17-14-22-15-18(2)25(17)21(26)23-11-8-19-9-12-24(13-10-19)16-20-6-4-3-5-7-20;6-4-2-8-5(1-7)9-3-4/h3-7,15-16,20-22H,8-13,17-19H2,1-2H3,(H,28,34);3-7,17-19,22H,8-16H2,1-2H3,(H,23,26);2-3H/t20-,21+;17-,18+;. The Morgan fingerprint density at radius 3 is 1.42 bits per heavy atom. The molecule has 0 unspecified atom stereocenters. The Morgan fingerprint density at radius 1 is 0.623 bits per heavy atom. The minimum Gasteiger partial charge on any atom is -0.365 e. The van der Waals surface area contributed by atoms with Gasteiger partial charge in [-0.15, -0.1) is 0 Å². The molecule has 4 aliphatic rings. The molecule has 0 saturated carbocycles.